The maximum Gasteiger partial charge on any atom is 0.147 e. The van der Waals surface area contributed by atoms with Crippen LogP contribution >= 0.6 is 0 Å². The first-order valence-electron chi connectivity index (χ1n) is 5.71. The van der Waals surface area contributed by atoms with E-state index in [1.165, 1.54) is 12.4 Å². The quantitative estimate of drug-likeness (QED) is 0.798. The van der Waals surface area contributed by atoms with Crippen molar-refractivity contribution in [2.45, 2.75) is 25.4 Å². The van der Waals surface area contributed by atoms with Gasteiger partial charge in [-0.05, 0) is 25.5 Å². The van der Waals surface area contributed by atoms with Crippen LogP contribution in [0.25, 0.3) is 0 Å². The second-order valence-electron chi connectivity index (χ2n) is 4.34. The van der Waals surface area contributed by atoms with Gasteiger partial charge in [0.15, 0.2) is 0 Å². The van der Waals surface area contributed by atoms with E-state index in [0.29, 0.717) is 12.0 Å². The smallest absolute Gasteiger partial charge is 0.147 e. The number of nitrogens with one attached hydrogen (secondary N) is 1. The van der Waals surface area contributed by atoms with E-state index in [4.69, 9.17) is 0 Å². The summed E-state index contributed by atoms with van der Waals surface area (Å²) in [5.41, 5.74) is -0.664. The summed E-state index contributed by atoms with van der Waals surface area (Å²) in [6.07, 6.45) is 4.07. The molecule has 2 unspecified atom stereocenters. The standard InChI is InChI=1S/C12H17FN2O/c1-2-9-7-15-6-4-12(9,16)10-3-5-14-8-11(10)13/h3,5,8-9,15-16H,2,4,6-7H2,1H3. The average molecular weight is 224 g/mol. The van der Waals surface area contributed by atoms with Gasteiger partial charge in [-0.2, -0.15) is 0 Å². The molecule has 3 nitrogen and oxygen atoms in total. The Bertz CT molecular complexity index is 372. The zero-order valence-electron chi connectivity index (χ0n) is 9.41. The molecule has 4 heteroatoms. The van der Waals surface area contributed by atoms with Crippen LogP contribution in [-0.2, 0) is 5.60 Å². The molecule has 1 aromatic rings. The van der Waals surface area contributed by atoms with Crippen LogP contribution in [0.2, 0.25) is 0 Å². The Balaban J connectivity index is 2.39. The molecule has 0 spiro atoms. The van der Waals surface area contributed by atoms with Crippen LogP contribution in [0.1, 0.15) is 25.3 Å². The van der Waals surface area contributed by atoms with Gasteiger partial charge in [0.1, 0.15) is 5.82 Å². The molecule has 0 amide bonds. The van der Waals surface area contributed by atoms with Crippen molar-refractivity contribution < 1.29 is 9.50 Å². The predicted octanol–water partition coefficient (Wildman–Crippen LogP) is 1.43. The van der Waals surface area contributed by atoms with E-state index in [-0.39, 0.29) is 5.92 Å². The van der Waals surface area contributed by atoms with Gasteiger partial charge < -0.3 is 10.4 Å². The van der Waals surface area contributed by atoms with Gasteiger partial charge in [-0.15, -0.1) is 0 Å². The molecule has 0 radical (unpaired) electrons. The first kappa shape index (κ1) is 11.5. The van der Waals surface area contributed by atoms with E-state index in [1.54, 1.807) is 6.07 Å². The molecule has 1 aromatic heterocycles. The second kappa shape index (κ2) is 4.47. The number of hydrogen-bond acceptors (Lipinski definition) is 3. The predicted molar refractivity (Wildman–Crippen MR) is 59.4 cm³/mol. The van der Waals surface area contributed by atoms with Crippen molar-refractivity contribution in [3.63, 3.8) is 0 Å². The summed E-state index contributed by atoms with van der Waals surface area (Å²) in [5.74, 6) is -0.358. The summed E-state index contributed by atoms with van der Waals surface area (Å²) in [6.45, 7) is 3.46. The van der Waals surface area contributed by atoms with Crippen molar-refractivity contribution >= 4 is 0 Å². The minimum Gasteiger partial charge on any atom is -0.385 e. The maximum atomic E-state index is 13.7. The van der Waals surface area contributed by atoms with Gasteiger partial charge in [0, 0.05) is 24.2 Å². The zero-order chi connectivity index (χ0) is 11.6. The van der Waals surface area contributed by atoms with Gasteiger partial charge in [0.05, 0.1) is 11.8 Å². The number of rotatable bonds is 2. The monoisotopic (exact) mass is 224 g/mol. The number of nitrogens with zero attached hydrogens (tertiary/aromatic N) is 1. The average Bonchev–Trinajstić information content (AvgIpc) is 2.30. The highest BCUT2D eigenvalue weighted by Crippen LogP contribution is 2.37. The molecule has 1 saturated heterocycles. The SMILES string of the molecule is CCC1CNCCC1(O)c1ccncc1F. The normalized spacial score (nSPS) is 30.3. The molecule has 1 fully saturated rings. The fourth-order valence-corrected chi connectivity index (χ4v) is 2.49. The van der Waals surface area contributed by atoms with Gasteiger partial charge in [0.2, 0.25) is 0 Å². The summed E-state index contributed by atoms with van der Waals surface area (Å²) in [5, 5.41) is 13.9. The van der Waals surface area contributed by atoms with Crippen molar-refractivity contribution in [1.82, 2.24) is 10.3 Å². The third kappa shape index (κ3) is 1.83. The summed E-state index contributed by atoms with van der Waals surface area (Å²) in [4.78, 5) is 3.72. The number of aliphatic hydroxyl groups is 1. The molecule has 16 heavy (non-hydrogen) atoms. The second-order valence-corrected chi connectivity index (χ2v) is 4.34. The molecule has 1 aliphatic rings. The molecule has 0 bridgehead atoms. The van der Waals surface area contributed by atoms with Crippen LogP contribution in [-0.4, -0.2) is 23.2 Å². The molecule has 2 N–H and O–H groups in total. The Morgan fingerprint density at radius 3 is 3.19 bits per heavy atom. The molecule has 0 aromatic carbocycles. The van der Waals surface area contributed by atoms with E-state index in [1.807, 2.05) is 6.92 Å². The number of hydrogen-bond donors (Lipinski definition) is 2. The van der Waals surface area contributed by atoms with Gasteiger partial charge >= 0.3 is 0 Å². The van der Waals surface area contributed by atoms with E-state index < -0.39 is 11.4 Å². The van der Waals surface area contributed by atoms with Crippen LogP contribution in [0, 0.1) is 11.7 Å². The number of pyridine rings is 1. The summed E-state index contributed by atoms with van der Waals surface area (Å²) < 4.78 is 13.7. The van der Waals surface area contributed by atoms with Gasteiger partial charge in [-0.25, -0.2) is 4.39 Å². The Morgan fingerprint density at radius 2 is 2.50 bits per heavy atom. The molecule has 1 aliphatic heterocycles. The van der Waals surface area contributed by atoms with Crippen LogP contribution in [0.4, 0.5) is 4.39 Å². The van der Waals surface area contributed by atoms with Crippen LogP contribution in [0.15, 0.2) is 18.5 Å². The molecule has 88 valence electrons. The first-order chi connectivity index (χ1) is 7.68. The van der Waals surface area contributed by atoms with Crippen LogP contribution < -0.4 is 5.32 Å². The molecule has 0 saturated carbocycles. The lowest BCUT2D eigenvalue weighted by Crippen LogP contribution is -2.48. The zero-order valence-corrected chi connectivity index (χ0v) is 9.41. The maximum absolute atomic E-state index is 13.7. The van der Waals surface area contributed by atoms with Crippen LogP contribution in [0.5, 0.6) is 0 Å². The highest BCUT2D eigenvalue weighted by atomic mass is 19.1. The highest BCUT2D eigenvalue weighted by molar-refractivity contribution is 5.23. The van der Waals surface area contributed by atoms with E-state index >= 15 is 0 Å². The Labute approximate surface area is 94.7 Å². The summed E-state index contributed by atoms with van der Waals surface area (Å²) in [7, 11) is 0. The van der Waals surface area contributed by atoms with Crippen molar-refractivity contribution in [1.29, 1.82) is 0 Å². The fraction of sp³-hybridized carbons (Fsp3) is 0.583. The van der Waals surface area contributed by atoms with Crippen molar-refractivity contribution in [2.24, 2.45) is 5.92 Å². The van der Waals surface area contributed by atoms with Crippen molar-refractivity contribution in [2.75, 3.05) is 13.1 Å². The molecular formula is C12H17FN2O. The van der Waals surface area contributed by atoms with Gasteiger partial charge in [0.25, 0.3) is 0 Å². The third-order valence-corrected chi connectivity index (χ3v) is 3.48. The largest absolute Gasteiger partial charge is 0.385 e. The van der Waals surface area contributed by atoms with Crippen LogP contribution in [0.3, 0.4) is 0 Å². The lowest BCUT2D eigenvalue weighted by Gasteiger charge is -2.40. The Hall–Kier alpha value is -1.00. The molecule has 2 atom stereocenters. The molecule has 2 rings (SSSR count). The van der Waals surface area contributed by atoms with Crippen molar-refractivity contribution in [3.05, 3.63) is 29.8 Å². The summed E-state index contributed by atoms with van der Waals surface area (Å²) in [6, 6.07) is 1.59. The molecule has 2 heterocycles. The molecule has 0 aliphatic carbocycles. The Kier molecular flexibility index (Phi) is 3.21. The summed E-state index contributed by atoms with van der Waals surface area (Å²) >= 11 is 0. The minimum absolute atomic E-state index is 0.0538. The fourth-order valence-electron chi connectivity index (χ4n) is 2.49. The van der Waals surface area contributed by atoms with E-state index in [2.05, 4.69) is 10.3 Å². The first-order valence-corrected chi connectivity index (χ1v) is 5.71. The lowest BCUT2D eigenvalue weighted by atomic mass is 9.75. The number of piperidine rings is 1. The van der Waals surface area contributed by atoms with Gasteiger partial charge in [-0.1, -0.05) is 6.92 Å². The lowest BCUT2D eigenvalue weighted by molar-refractivity contribution is -0.0505. The van der Waals surface area contributed by atoms with Crippen molar-refractivity contribution in [3.8, 4) is 0 Å². The minimum atomic E-state index is -1.05. The molecular weight excluding hydrogens is 207 g/mol. The number of aromatic nitrogens is 1. The van der Waals surface area contributed by atoms with E-state index in [9.17, 15) is 9.50 Å². The number of halogens is 1. The highest BCUT2D eigenvalue weighted by Gasteiger charge is 2.41. The third-order valence-electron chi connectivity index (χ3n) is 3.48. The topological polar surface area (TPSA) is 45.1 Å². The van der Waals surface area contributed by atoms with Gasteiger partial charge in [-0.3, -0.25) is 4.98 Å². The Morgan fingerprint density at radius 1 is 1.69 bits per heavy atom. The van der Waals surface area contributed by atoms with E-state index in [0.717, 1.165) is 19.5 Å².